The van der Waals surface area contributed by atoms with E-state index in [4.69, 9.17) is 5.73 Å². The van der Waals surface area contributed by atoms with E-state index >= 15 is 0 Å². The van der Waals surface area contributed by atoms with Gasteiger partial charge < -0.3 is 10.6 Å². The van der Waals surface area contributed by atoms with E-state index in [1.54, 1.807) is 0 Å². The molecule has 2 unspecified atom stereocenters. The highest BCUT2D eigenvalue weighted by atomic mass is 16.2. The van der Waals surface area contributed by atoms with Crippen molar-refractivity contribution in [1.82, 2.24) is 9.80 Å². The Labute approximate surface area is 92.4 Å². The lowest BCUT2D eigenvalue weighted by atomic mass is 10.1. The maximum absolute atomic E-state index is 12.1. The van der Waals surface area contributed by atoms with Crippen LogP contribution in [0.1, 0.15) is 20.3 Å². The summed E-state index contributed by atoms with van der Waals surface area (Å²) >= 11 is 0. The van der Waals surface area contributed by atoms with Gasteiger partial charge in [0, 0.05) is 26.2 Å². The maximum atomic E-state index is 12.1. The topological polar surface area (TPSA) is 49.6 Å². The average Bonchev–Trinajstić information content (AvgIpc) is 2.26. The summed E-state index contributed by atoms with van der Waals surface area (Å²) in [6.45, 7) is 7.38. The summed E-state index contributed by atoms with van der Waals surface area (Å²) in [4.78, 5) is 16.2. The van der Waals surface area contributed by atoms with Gasteiger partial charge in [-0.3, -0.25) is 9.69 Å². The van der Waals surface area contributed by atoms with E-state index < -0.39 is 0 Å². The predicted octanol–water partition coefficient (Wildman–Crippen LogP) is 0.134. The number of nitrogens with zero attached hydrogens (tertiary/aromatic N) is 2. The Hall–Kier alpha value is -0.610. The molecule has 0 aliphatic carbocycles. The molecule has 15 heavy (non-hydrogen) atoms. The number of likely N-dealkylation sites (N-methyl/N-ethyl adjacent to an activating group) is 1. The highest BCUT2D eigenvalue weighted by Gasteiger charge is 2.31. The molecule has 88 valence electrons. The van der Waals surface area contributed by atoms with Crippen LogP contribution in [-0.4, -0.2) is 55.0 Å². The minimum Gasteiger partial charge on any atom is -0.341 e. The Kier molecular flexibility index (Phi) is 4.54. The standard InChI is InChI=1S/C11H23N3O/c1-4-5-14-8-9(2)7-13(3)10(6-12)11(14)15/h9-10H,4-8,12H2,1-3H3. The first-order valence-corrected chi connectivity index (χ1v) is 5.79. The van der Waals surface area contributed by atoms with Crippen molar-refractivity contribution in [1.29, 1.82) is 0 Å². The molecule has 0 aromatic heterocycles. The Bertz CT molecular complexity index is 220. The molecule has 1 rings (SSSR count). The van der Waals surface area contributed by atoms with Crippen LogP contribution in [0.4, 0.5) is 0 Å². The van der Waals surface area contributed by atoms with Crippen molar-refractivity contribution < 1.29 is 4.79 Å². The molecule has 4 nitrogen and oxygen atoms in total. The van der Waals surface area contributed by atoms with Crippen LogP contribution in [-0.2, 0) is 4.79 Å². The second-order valence-electron chi connectivity index (χ2n) is 4.58. The predicted molar refractivity (Wildman–Crippen MR) is 61.5 cm³/mol. The normalized spacial score (nSPS) is 29.3. The first-order valence-electron chi connectivity index (χ1n) is 5.79. The second kappa shape index (κ2) is 5.47. The zero-order chi connectivity index (χ0) is 11.4. The molecule has 1 saturated heterocycles. The van der Waals surface area contributed by atoms with Crippen LogP contribution in [0, 0.1) is 5.92 Å². The molecule has 1 fully saturated rings. The second-order valence-corrected chi connectivity index (χ2v) is 4.58. The number of nitrogens with two attached hydrogens (primary N) is 1. The average molecular weight is 213 g/mol. The minimum atomic E-state index is -0.124. The lowest BCUT2D eigenvalue weighted by Crippen LogP contribution is -2.48. The van der Waals surface area contributed by atoms with Crippen LogP contribution in [0.3, 0.4) is 0 Å². The molecule has 0 radical (unpaired) electrons. The summed E-state index contributed by atoms with van der Waals surface area (Å²) in [5, 5.41) is 0. The summed E-state index contributed by atoms with van der Waals surface area (Å²) in [5.41, 5.74) is 5.67. The Morgan fingerprint density at radius 2 is 2.13 bits per heavy atom. The monoisotopic (exact) mass is 213 g/mol. The molecule has 0 aromatic carbocycles. The molecule has 0 spiro atoms. The highest BCUT2D eigenvalue weighted by molar-refractivity contribution is 5.82. The maximum Gasteiger partial charge on any atom is 0.241 e. The summed E-state index contributed by atoms with van der Waals surface area (Å²) in [6, 6.07) is -0.124. The Balaban J connectivity index is 2.77. The summed E-state index contributed by atoms with van der Waals surface area (Å²) in [6.07, 6.45) is 1.01. The third-order valence-corrected chi connectivity index (χ3v) is 2.98. The van der Waals surface area contributed by atoms with Gasteiger partial charge in [0.05, 0.1) is 0 Å². The number of rotatable bonds is 3. The summed E-state index contributed by atoms with van der Waals surface area (Å²) in [5.74, 6) is 0.730. The molecule has 1 heterocycles. The fourth-order valence-electron chi connectivity index (χ4n) is 2.29. The fourth-order valence-corrected chi connectivity index (χ4v) is 2.29. The first-order chi connectivity index (χ1) is 7.10. The third-order valence-electron chi connectivity index (χ3n) is 2.98. The molecule has 1 aliphatic rings. The number of hydrogen-bond donors (Lipinski definition) is 1. The van der Waals surface area contributed by atoms with Crippen molar-refractivity contribution in [2.24, 2.45) is 11.7 Å². The molecule has 2 N–H and O–H groups in total. The van der Waals surface area contributed by atoms with Crippen molar-refractivity contribution in [2.45, 2.75) is 26.3 Å². The molecule has 2 atom stereocenters. The van der Waals surface area contributed by atoms with Gasteiger partial charge in [-0.25, -0.2) is 0 Å². The lowest BCUT2D eigenvalue weighted by Gasteiger charge is -2.26. The van der Waals surface area contributed by atoms with Crippen LogP contribution in [0.2, 0.25) is 0 Å². The highest BCUT2D eigenvalue weighted by Crippen LogP contribution is 2.13. The molecule has 4 heteroatoms. The molecule has 1 aliphatic heterocycles. The Morgan fingerprint density at radius 3 is 2.67 bits per heavy atom. The largest absolute Gasteiger partial charge is 0.341 e. The van der Waals surface area contributed by atoms with Gasteiger partial charge in [-0.05, 0) is 19.4 Å². The van der Waals surface area contributed by atoms with Gasteiger partial charge in [-0.15, -0.1) is 0 Å². The van der Waals surface area contributed by atoms with Crippen molar-refractivity contribution >= 4 is 5.91 Å². The number of hydrogen-bond acceptors (Lipinski definition) is 3. The van der Waals surface area contributed by atoms with Gasteiger partial charge in [0.1, 0.15) is 6.04 Å². The third kappa shape index (κ3) is 2.92. The van der Waals surface area contributed by atoms with Crippen LogP contribution >= 0.6 is 0 Å². The van der Waals surface area contributed by atoms with E-state index in [1.807, 2.05) is 11.9 Å². The SMILES string of the molecule is CCCN1CC(C)CN(C)C(CN)C1=O. The lowest BCUT2D eigenvalue weighted by molar-refractivity contribution is -0.134. The molecular weight excluding hydrogens is 190 g/mol. The molecule has 1 amide bonds. The number of amides is 1. The van der Waals surface area contributed by atoms with Gasteiger partial charge in [0.15, 0.2) is 0 Å². The van der Waals surface area contributed by atoms with Gasteiger partial charge in [0.2, 0.25) is 5.91 Å². The van der Waals surface area contributed by atoms with Crippen molar-refractivity contribution in [3.05, 3.63) is 0 Å². The van der Waals surface area contributed by atoms with Crippen LogP contribution in [0.5, 0.6) is 0 Å². The van der Waals surface area contributed by atoms with E-state index in [1.165, 1.54) is 0 Å². The molecular formula is C11H23N3O. The van der Waals surface area contributed by atoms with Crippen molar-refractivity contribution in [3.63, 3.8) is 0 Å². The Morgan fingerprint density at radius 1 is 1.47 bits per heavy atom. The minimum absolute atomic E-state index is 0.124. The smallest absolute Gasteiger partial charge is 0.241 e. The van der Waals surface area contributed by atoms with E-state index in [0.29, 0.717) is 12.5 Å². The zero-order valence-electron chi connectivity index (χ0n) is 10.1. The van der Waals surface area contributed by atoms with E-state index in [-0.39, 0.29) is 11.9 Å². The molecule has 0 aromatic rings. The van der Waals surface area contributed by atoms with E-state index in [2.05, 4.69) is 18.7 Å². The first kappa shape index (κ1) is 12.5. The van der Waals surface area contributed by atoms with Crippen LogP contribution in [0.25, 0.3) is 0 Å². The van der Waals surface area contributed by atoms with Crippen LogP contribution in [0.15, 0.2) is 0 Å². The van der Waals surface area contributed by atoms with Crippen LogP contribution < -0.4 is 5.73 Å². The van der Waals surface area contributed by atoms with Gasteiger partial charge >= 0.3 is 0 Å². The van der Waals surface area contributed by atoms with Crippen molar-refractivity contribution in [3.8, 4) is 0 Å². The fraction of sp³-hybridized carbons (Fsp3) is 0.909. The van der Waals surface area contributed by atoms with E-state index in [0.717, 1.165) is 26.1 Å². The number of carbonyl (C=O) groups excluding carboxylic acids is 1. The molecule has 0 saturated carbocycles. The van der Waals surface area contributed by atoms with Crippen molar-refractivity contribution in [2.75, 3.05) is 33.2 Å². The number of carbonyl (C=O) groups is 1. The van der Waals surface area contributed by atoms with Gasteiger partial charge in [-0.1, -0.05) is 13.8 Å². The molecule has 0 bridgehead atoms. The summed E-state index contributed by atoms with van der Waals surface area (Å²) < 4.78 is 0. The van der Waals surface area contributed by atoms with Gasteiger partial charge in [0.25, 0.3) is 0 Å². The zero-order valence-corrected chi connectivity index (χ0v) is 10.1. The van der Waals surface area contributed by atoms with Gasteiger partial charge in [-0.2, -0.15) is 0 Å². The quantitative estimate of drug-likeness (QED) is 0.725. The van der Waals surface area contributed by atoms with E-state index in [9.17, 15) is 4.79 Å². The summed E-state index contributed by atoms with van der Waals surface area (Å²) in [7, 11) is 1.99.